The van der Waals surface area contributed by atoms with Crippen LogP contribution in [0.15, 0.2) is 23.8 Å². The SMILES string of the molecule is C=C(C)/C(=C/C)C(=O)O. The molecule has 0 rings (SSSR count). The van der Waals surface area contributed by atoms with Gasteiger partial charge in [-0.1, -0.05) is 12.7 Å². The van der Waals surface area contributed by atoms with Crippen molar-refractivity contribution in [2.24, 2.45) is 0 Å². The molecule has 0 aromatic carbocycles. The maximum absolute atomic E-state index is 10.2. The first kappa shape index (κ1) is 7.95. The van der Waals surface area contributed by atoms with Gasteiger partial charge < -0.3 is 5.11 Å². The Morgan fingerprint density at radius 2 is 2.11 bits per heavy atom. The first-order valence-electron chi connectivity index (χ1n) is 2.65. The topological polar surface area (TPSA) is 37.3 Å². The zero-order chi connectivity index (χ0) is 7.44. The molecule has 50 valence electrons. The molecule has 2 heteroatoms. The van der Waals surface area contributed by atoms with Crippen LogP contribution in [-0.4, -0.2) is 11.1 Å². The average Bonchev–Trinajstić information content (AvgIpc) is 1.64. The summed E-state index contributed by atoms with van der Waals surface area (Å²) in [5.41, 5.74) is 0.875. The van der Waals surface area contributed by atoms with E-state index in [0.29, 0.717) is 5.57 Å². The Hall–Kier alpha value is -1.05. The molecule has 0 atom stereocenters. The third kappa shape index (κ3) is 2.13. The molecular weight excluding hydrogens is 116 g/mol. The van der Waals surface area contributed by atoms with E-state index in [4.69, 9.17) is 5.11 Å². The first-order chi connectivity index (χ1) is 4.09. The van der Waals surface area contributed by atoms with Crippen LogP contribution in [0.3, 0.4) is 0 Å². The molecule has 0 radical (unpaired) electrons. The van der Waals surface area contributed by atoms with Crippen LogP contribution >= 0.6 is 0 Å². The quantitative estimate of drug-likeness (QED) is 0.450. The summed E-state index contributed by atoms with van der Waals surface area (Å²) < 4.78 is 0. The maximum Gasteiger partial charge on any atom is 0.335 e. The molecule has 1 N–H and O–H groups in total. The standard InChI is InChI=1S/C7H10O2/c1-4-6(5(2)3)7(8)9/h4H,2H2,1,3H3,(H,8,9)/b6-4-. The van der Waals surface area contributed by atoms with Crippen molar-refractivity contribution in [1.29, 1.82) is 0 Å². The van der Waals surface area contributed by atoms with Crippen molar-refractivity contribution in [3.63, 3.8) is 0 Å². The fourth-order valence-electron chi connectivity index (χ4n) is 0.552. The molecule has 9 heavy (non-hydrogen) atoms. The summed E-state index contributed by atoms with van der Waals surface area (Å²) in [5.74, 6) is -0.912. The predicted octanol–water partition coefficient (Wildman–Crippen LogP) is 1.59. The van der Waals surface area contributed by atoms with Crippen LogP contribution < -0.4 is 0 Å². The Balaban J connectivity index is 4.38. The Kier molecular flexibility index (Phi) is 2.71. The highest BCUT2D eigenvalue weighted by Gasteiger charge is 2.03. The van der Waals surface area contributed by atoms with Crippen LogP contribution in [0.4, 0.5) is 0 Å². The van der Waals surface area contributed by atoms with E-state index in [1.54, 1.807) is 13.8 Å². The van der Waals surface area contributed by atoms with Gasteiger partial charge in [-0.25, -0.2) is 4.79 Å². The molecule has 0 saturated heterocycles. The smallest absolute Gasteiger partial charge is 0.335 e. The van der Waals surface area contributed by atoms with E-state index in [1.165, 1.54) is 6.08 Å². The van der Waals surface area contributed by atoms with Crippen molar-refractivity contribution < 1.29 is 9.90 Å². The van der Waals surface area contributed by atoms with Crippen LogP contribution in [0, 0.1) is 0 Å². The second-order valence-corrected chi connectivity index (χ2v) is 1.79. The Labute approximate surface area is 54.5 Å². The van der Waals surface area contributed by atoms with E-state index in [-0.39, 0.29) is 5.57 Å². The molecule has 0 amide bonds. The number of hydrogen-bond acceptors (Lipinski definition) is 1. The summed E-state index contributed by atoms with van der Waals surface area (Å²) in [7, 11) is 0. The van der Waals surface area contributed by atoms with E-state index in [2.05, 4.69) is 6.58 Å². The lowest BCUT2D eigenvalue weighted by molar-refractivity contribution is -0.132. The van der Waals surface area contributed by atoms with Crippen molar-refractivity contribution in [1.82, 2.24) is 0 Å². The number of rotatable bonds is 2. The fraction of sp³-hybridized carbons (Fsp3) is 0.286. The monoisotopic (exact) mass is 126 g/mol. The van der Waals surface area contributed by atoms with E-state index >= 15 is 0 Å². The minimum atomic E-state index is -0.912. The number of carboxylic acids is 1. The van der Waals surface area contributed by atoms with Gasteiger partial charge in [-0.15, -0.1) is 0 Å². The highest BCUT2D eigenvalue weighted by molar-refractivity contribution is 5.91. The van der Waals surface area contributed by atoms with Crippen molar-refractivity contribution in [2.45, 2.75) is 13.8 Å². The van der Waals surface area contributed by atoms with Gasteiger partial charge in [0.2, 0.25) is 0 Å². The van der Waals surface area contributed by atoms with Crippen molar-refractivity contribution in [2.75, 3.05) is 0 Å². The lowest BCUT2D eigenvalue weighted by Crippen LogP contribution is -1.99. The third-order valence-corrected chi connectivity index (χ3v) is 0.979. The highest BCUT2D eigenvalue weighted by atomic mass is 16.4. The highest BCUT2D eigenvalue weighted by Crippen LogP contribution is 2.04. The van der Waals surface area contributed by atoms with Crippen molar-refractivity contribution in [3.05, 3.63) is 23.8 Å². The fourth-order valence-corrected chi connectivity index (χ4v) is 0.552. The van der Waals surface area contributed by atoms with Gasteiger partial charge in [0.25, 0.3) is 0 Å². The largest absolute Gasteiger partial charge is 0.478 e. The zero-order valence-corrected chi connectivity index (χ0v) is 5.64. The molecule has 0 aliphatic carbocycles. The molecule has 0 spiro atoms. The number of hydrogen-bond donors (Lipinski definition) is 1. The molecule has 0 aliphatic heterocycles. The van der Waals surface area contributed by atoms with Gasteiger partial charge >= 0.3 is 5.97 Å². The van der Waals surface area contributed by atoms with Crippen molar-refractivity contribution >= 4 is 5.97 Å². The summed E-state index contributed by atoms with van der Waals surface area (Å²) in [6, 6.07) is 0. The number of carboxylic acid groups (broad SMARTS) is 1. The predicted molar refractivity (Wildman–Crippen MR) is 36.2 cm³/mol. The Bertz CT molecular complexity index is 150. The van der Waals surface area contributed by atoms with Gasteiger partial charge in [0.1, 0.15) is 0 Å². The molecule has 0 aliphatic rings. The minimum absolute atomic E-state index is 0.287. The number of allylic oxidation sites excluding steroid dienone is 1. The number of aliphatic carboxylic acids is 1. The molecule has 0 unspecified atom stereocenters. The summed E-state index contributed by atoms with van der Waals surface area (Å²) in [6.45, 7) is 6.85. The van der Waals surface area contributed by atoms with Gasteiger partial charge in [0.05, 0.1) is 5.57 Å². The Morgan fingerprint density at radius 1 is 1.67 bits per heavy atom. The van der Waals surface area contributed by atoms with Gasteiger partial charge in [0.15, 0.2) is 0 Å². The van der Waals surface area contributed by atoms with Crippen LogP contribution in [0.2, 0.25) is 0 Å². The van der Waals surface area contributed by atoms with Crippen LogP contribution in [-0.2, 0) is 4.79 Å². The normalized spacial score (nSPS) is 11.1. The molecule has 2 nitrogen and oxygen atoms in total. The van der Waals surface area contributed by atoms with E-state index in [9.17, 15) is 4.79 Å². The first-order valence-corrected chi connectivity index (χ1v) is 2.65. The third-order valence-electron chi connectivity index (χ3n) is 0.979. The van der Waals surface area contributed by atoms with E-state index in [0.717, 1.165) is 0 Å². The lowest BCUT2D eigenvalue weighted by Gasteiger charge is -1.96. The van der Waals surface area contributed by atoms with Gasteiger partial charge in [-0.3, -0.25) is 0 Å². The maximum atomic E-state index is 10.2. The molecule has 0 saturated carbocycles. The summed E-state index contributed by atoms with van der Waals surface area (Å²) in [4.78, 5) is 10.2. The zero-order valence-electron chi connectivity index (χ0n) is 5.64. The molecule has 0 heterocycles. The van der Waals surface area contributed by atoms with Crippen LogP contribution in [0.1, 0.15) is 13.8 Å². The van der Waals surface area contributed by atoms with E-state index in [1.807, 2.05) is 0 Å². The average molecular weight is 126 g/mol. The van der Waals surface area contributed by atoms with Crippen LogP contribution in [0.5, 0.6) is 0 Å². The van der Waals surface area contributed by atoms with Gasteiger partial charge in [-0.05, 0) is 19.4 Å². The van der Waals surface area contributed by atoms with Crippen LogP contribution in [0.25, 0.3) is 0 Å². The summed E-state index contributed by atoms with van der Waals surface area (Å²) >= 11 is 0. The minimum Gasteiger partial charge on any atom is -0.478 e. The Morgan fingerprint density at radius 3 is 2.11 bits per heavy atom. The number of carbonyl (C=O) groups is 1. The second-order valence-electron chi connectivity index (χ2n) is 1.79. The molecule has 0 bridgehead atoms. The summed E-state index contributed by atoms with van der Waals surface area (Å²) in [5, 5.41) is 8.41. The molecule has 0 aromatic heterocycles. The summed E-state index contributed by atoms with van der Waals surface area (Å²) in [6.07, 6.45) is 1.53. The molecule has 0 aromatic rings. The molecule has 0 fully saturated rings. The lowest BCUT2D eigenvalue weighted by atomic mass is 10.1. The van der Waals surface area contributed by atoms with Crippen molar-refractivity contribution in [3.8, 4) is 0 Å². The second kappa shape index (κ2) is 3.07. The van der Waals surface area contributed by atoms with Gasteiger partial charge in [0, 0.05) is 0 Å². The van der Waals surface area contributed by atoms with E-state index < -0.39 is 5.97 Å². The van der Waals surface area contributed by atoms with Gasteiger partial charge in [-0.2, -0.15) is 0 Å². The molecular formula is C7H10O2.